The second-order valence-electron chi connectivity index (χ2n) is 7.25. The molecule has 152 valence electrons. The van der Waals surface area contributed by atoms with Gasteiger partial charge in [0, 0.05) is 28.1 Å². The van der Waals surface area contributed by atoms with Crippen molar-refractivity contribution >= 4 is 17.3 Å². The van der Waals surface area contributed by atoms with E-state index < -0.39 is 6.23 Å². The summed E-state index contributed by atoms with van der Waals surface area (Å²) in [4.78, 5) is 0. The van der Waals surface area contributed by atoms with Gasteiger partial charge in [0.25, 0.3) is 0 Å². The van der Waals surface area contributed by atoms with Gasteiger partial charge in [0.2, 0.25) is 6.23 Å². The van der Waals surface area contributed by atoms with Crippen LogP contribution >= 0.6 is 11.6 Å². The summed E-state index contributed by atoms with van der Waals surface area (Å²) in [5, 5.41) is 27.6. The van der Waals surface area contributed by atoms with Crippen molar-refractivity contribution in [3.63, 3.8) is 0 Å². The largest absolute Gasteiger partial charge is 0.507 e. The molecule has 6 nitrogen and oxygen atoms in total. The lowest BCUT2D eigenvalue weighted by molar-refractivity contribution is -0.0191. The molecule has 0 bridgehead atoms. The number of fused-ring (bicyclic) bond motifs is 3. The summed E-state index contributed by atoms with van der Waals surface area (Å²) in [6, 6.07) is 17.7. The fraction of sp³-hybridized carbons (Fsp3) is 0.174. The summed E-state index contributed by atoms with van der Waals surface area (Å²) in [6.07, 6.45) is 0.0709. The number of benzene rings is 3. The van der Waals surface area contributed by atoms with Gasteiger partial charge in [0.05, 0.1) is 18.9 Å². The van der Waals surface area contributed by atoms with Crippen molar-refractivity contribution in [1.82, 2.24) is 5.01 Å². The number of halogens is 1. The van der Waals surface area contributed by atoms with E-state index in [1.165, 1.54) is 7.11 Å². The minimum absolute atomic E-state index is 0.0561. The fourth-order valence-corrected chi connectivity index (χ4v) is 4.19. The van der Waals surface area contributed by atoms with E-state index in [-0.39, 0.29) is 17.5 Å². The lowest BCUT2D eigenvalue weighted by Crippen LogP contribution is -2.33. The standard InChI is InChI=1S/C23H19ClN2O4/c1-29-22-10-13(6-8-20(22)28)23-26-18(16-11-14(24)7-9-21(16)30-23)12-17(25-26)15-4-2-3-5-19(15)27/h2-11,18,23,27-28H,12H2,1H3/t18-,23+/m0/s1. The Morgan fingerprint density at radius 2 is 1.90 bits per heavy atom. The van der Waals surface area contributed by atoms with E-state index in [0.29, 0.717) is 22.8 Å². The van der Waals surface area contributed by atoms with Gasteiger partial charge >= 0.3 is 0 Å². The number of ether oxygens (including phenoxy) is 2. The molecule has 7 heteroatoms. The average molecular weight is 423 g/mol. The molecule has 2 aliphatic rings. The van der Waals surface area contributed by atoms with Crippen LogP contribution in [0.25, 0.3) is 0 Å². The minimum atomic E-state index is -0.526. The lowest BCUT2D eigenvalue weighted by Gasteiger charge is -2.38. The molecular weight excluding hydrogens is 404 g/mol. The Morgan fingerprint density at radius 3 is 2.70 bits per heavy atom. The third kappa shape index (κ3) is 3.00. The zero-order valence-electron chi connectivity index (χ0n) is 16.1. The summed E-state index contributed by atoms with van der Waals surface area (Å²) in [7, 11) is 1.50. The summed E-state index contributed by atoms with van der Waals surface area (Å²) in [6.45, 7) is 0. The molecule has 0 saturated heterocycles. The number of aromatic hydroxyl groups is 2. The Hall–Kier alpha value is -3.38. The first-order chi connectivity index (χ1) is 14.5. The number of methoxy groups -OCH3 is 1. The number of hydrogen-bond acceptors (Lipinski definition) is 6. The maximum Gasteiger partial charge on any atom is 0.214 e. The maximum absolute atomic E-state index is 10.3. The quantitative estimate of drug-likeness (QED) is 0.621. The molecule has 0 aliphatic carbocycles. The molecule has 2 N–H and O–H groups in total. The SMILES string of the molecule is COc1cc([C@H]2Oc3ccc(Cl)cc3[C@@H]3CC(c4ccccc4O)=NN23)ccc1O. The maximum atomic E-state index is 10.3. The van der Waals surface area contributed by atoms with E-state index in [0.717, 1.165) is 22.6 Å². The van der Waals surface area contributed by atoms with Gasteiger partial charge in [-0.05, 0) is 48.5 Å². The Balaban J connectivity index is 1.63. The zero-order valence-corrected chi connectivity index (χ0v) is 16.9. The molecule has 2 aliphatic heterocycles. The predicted molar refractivity (Wildman–Crippen MR) is 113 cm³/mol. The van der Waals surface area contributed by atoms with Crippen LogP contribution in [0.1, 0.15) is 35.4 Å². The third-order valence-corrected chi connectivity index (χ3v) is 5.69. The fourth-order valence-electron chi connectivity index (χ4n) is 4.01. The van der Waals surface area contributed by atoms with E-state index in [2.05, 4.69) is 0 Å². The van der Waals surface area contributed by atoms with Crippen LogP contribution in [-0.2, 0) is 0 Å². The van der Waals surface area contributed by atoms with E-state index in [1.807, 2.05) is 29.3 Å². The van der Waals surface area contributed by atoms with Gasteiger partial charge in [-0.25, -0.2) is 5.01 Å². The summed E-state index contributed by atoms with van der Waals surface area (Å²) in [5.41, 5.74) is 3.19. The number of phenolic OH excluding ortho intramolecular Hbond substituents is 2. The predicted octanol–water partition coefficient (Wildman–Crippen LogP) is 5.00. The first-order valence-corrected chi connectivity index (χ1v) is 9.90. The summed E-state index contributed by atoms with van der Waals surface area (Å²) in [5.74, 6) is 1.33. The van der Waals surface area contributed by atoms with Crippen molar-refractivity contribution < 1.29 is 19.7 Å². The number of rotatable bonds is 3. The molecule has 0 unspecified atom stereocenters. The van der Waals surface area contributed by atoms with Crippen molar-refractivity contribution in [1.29, 1.82) is 0 Å². The Bertz CT molecular complexity index is 1160. The van der Waals surface area contributed by atoms with E-state index in [9.17, 15) is 10.2 Å². The number of para-hydroxylation sites is 1. The highest BCUT2D eigenvalue weighted by molar-refractivity contribution is 6.30. The zero-order chi connectivity index (χ0) is 20.8. The Morgan fingerprint density at radius 1 is 1.07 bits per heavy atom. The van der Waals surface area contributed by atoms with Crippen molar-refractivity contribution in [3.05, 3.63) is 82.4 Å². The van der Waals surface area contributed by atoms with Gasteiger partial charge in [0.15, 0.2) is 11.5 Å². The molecule has 2 atom stereocenters. The van der Waals surface area contributed by atoms with Crippen LogP contribution in [0.15, 0.2) is 65.8 Å². The van der Waals surface area contributed by atoms with Crippen LogP contribution in [0.3, 0.4) is 0 Å². The van der Waals surface area contributed by atoms with Gasteiger partial charge in [0.1, 0.15) is 11.5 Å². The highest BCUT2D eigenvalue weighted by atomic mass is 35.5. The first kappa shape index (κ1) is 18.6. The molecular formula is C23H19ClN2O4. The molecule has 0 fully saturated rings. The number of hydrazone groups is 1. The van der Waals surface area contributed by atoms with Crippen molar-refractivity contribution in [3.8, 4) is 23.0 Å². The van der Waals surface area contributed by atoms with Gasteiger partial charge in [-0.2, -0.15) is 5.10 Å². The first-order valence-electron chi connectivity index (χ1n) is 9.52. The van der Waals surface area contributed by atoms with Crippen molar-refractivity contribution in [2.75, 3.05) is 7.11 Å². The molecule has 0 spiro atoms. The van der Waals surface area contributed by atoms with Gasteiger partial charge in [-0.3, -0.25) is 0 Å². The monoisotopic (exact) mass is 422 g/mol. The molecule has 0 radical (unpaired) electrons. The molecule has 3 aromatic carbocycles. The Labute approximate surface area is 178 Å². The molecule has 0 amide bonds. The lowest BCUT2D eigenvalue weighted by atomic mass is 9.95. The smallest absolute Gasteiger partial charge is 0.214 e. The van der Waals surface area contributed by atoms with Crippen LogP contribution in [-0.4, -0.2) is 28.0 Å². The summed E-state index contributed by atoms with van der Waals surface area (Å²) >= 11 is 6.26. The van der Waals surface area contributed by atoms with Crippen molar-refractivity contribution in [2.45, 2.75) is 18.7 Å². The van der Waals surface area contributed by atoms with E-state index >= 15 is 0 Å². The second-order valence-corrected chi connectivity index (χ2v) is 7.68. The average Bonchev–Trinajstić information content (AvgIpc) is 3.19. The topological polar surface area (TPSA) is 74.5 Å². The number of nitrogens with zero attached hydrogens (tertiary/aromatic N) is 2. The normalized spacial score (nSPS) is 19.5. The summed E-state index contributed by atoms with van der Waals surface area (Å²) < 4.78 is 11.6. The highest BCUT2D eigenvalue weighted by Gasteiger charge is 2.41. The number of phenols is 2. The van der Waals surface area contributed by atoms with Crippen molar-refractivity contribution in [2.24, 2.45) is 5.10 Å². The third-order valence-electron chi connectivity index (χ3n) is 5.46. The van der Waals surface area contributed by atoms with Crippen LogP contribution in [0, 0.1) is 0 Å². The van der Waals surface area contributed by atoms with Crippen LogP contribution < -0.4 is 9.47 Å². The second kappa shape index (κ2) is 7.15. The van der Waals surface area contributed by atoms with Gasteiger partial charge in [-0.1, -0.05) is 23.7 Å². The van der Waals surface area contributed by atoms with Crippen LogP contribution in [0.5, 0.6) is 23.0 Å². The van der Waals surface area contributed by atoms with E-state index in [4.69, 9.17) is 26.2 Å². The highest BCUT2D eigenvalue weighted by Crippen LogP contribution is 2.49. The Kier molecular flexibility index (Phi) is 4.44. The van der Waals surface area contributed by atoms with Crippen LogP contribution in [0.4, 0.5) is 0 Å². The minimum Gasteiger partial charge on any atom is -0.507 e. The molecule has 0 saturated carbocycles. The molecule has 5 rings (SSSR count). The molecule has 2 heterocycles. The van der Waals surface area contributed by atoms with Gasteiger partial charge in [-0.15, -0.1) is 0 Å². The van der Waals surface area contributed by atoms with Crippen LogP contribution in [0.2, 0.25) is 5.02 Å². The molecule has 30 heavy (non-hydrogen) atoms. The van der Waals surface area contributed by atoms with Gasteiger partial charge < -0.3 is 19.7 Å². The number of hydrogen-bond donors (Lipinski definition) is 2. The molecule has 3 aromatic rings. The molecule has 0 aromatic heterocycles. The van der Waals surface area contributed by atoms with E-state index in [1.54, 1.807) is 36.4 Å².